The van der Waals surface area contributed by atoms with Crippen LogP contribution in [0, 0.1) is 5.41 Å². The van der Waals surface area contributed by atoms with Crippen LogP contribution in [-0.2, 0) is 11.2 Å². The molecule has 35 heavy (non-hydrogen) atoms. The summed E-state index contributed by atoms with van der Waals surface area (Å²) < 4.78 is 0.645. The predicted molar refractivity (Wildman–Crippen MR) is 143 cm³/mol. The second-order valence-corrected chi connectivity index (χ2v) is 9.19. The Kier molecular flexibility index (Phi) is 9.01. The molecule has 0 saturated carbocycles. The third kappa shape index (κ3) is 6.46. The van der Waals surface area contributed by atoms with E-state index in [1.54, 1.807) is 48.8 Å². The molecule has 2 amide bonds. The minimum atomic E-state index is -0.508. The van der Waals surface area contributed by atoms with Crippen LogP contribution in [0.15, 0.2) is 71.5 Å². The van der Waals surface area contributed by atoms with Gasteiger partial charge in [-0.2, -0.15) is 0 Å². The first kappa shape index (κ1) is 26.4. The number of anilines is 1. The lowest BCUT2D eigenvalue weighted by Gasteiger charge is -2.19. The Hall–Kier alpha value is -3.23. The van der Waals surface area contributed by atoms with Crippen LogP contribution in [0.25, 0.3) is 0 Å². The van der Waals surface area contributed by atoms with Crippen LogP contribution < -0.4 is 11.1 Å². The Labute approximate surface area is 219 Å². The average molecular weight is 557 g/mol. The number of nitrogens with one attached hydrogen (secondary N) is 2. The zero-order valence-electron chi connectivity index (χ0n) is 19.0. The first-order chi connectivity index (χ1) is 16.4. The topological polar surface area (TPSA) is 112 Å². The molecule has 1 aromatic heterocycles. The zero-order chi connectivity index (χ0) is 24.1. The van der Waals surface area contributed by atoms with E-state index < -0.39 is 5.92 Å². The van der Waals surface area contributed by atoms with Crippen molar-refractivity contribution in [1.29, 1.82) is 5.41 Å². The summed E-state index contributed by atoms with van der Waals surface area (Å²) in [6.07, 6.45) is 5.91. The maximum absolute atomic E-state index is 13.4. The smallest absolute Gasteiger partial charge is 0.254 e. The van der Waals surface area contributed by atoms with E-state index >= 15 is 0 Å². The molecule has 1 saturated heterocycles. The second kappa shape index (κ2) is 12.0. The summed E-state index contributed by atoms with van der Waals surface area (Å²) in [5.41, 5.74) is 9.16. The molecule has 3 aromatic rings. The highest BCUT2D eigenvalue weighted by Crippen LogP contribution is 2.27. The second-order valence-electron chi connectivity index (χ2n) is 8.33. The maximum atomic E-state index is 13.4. The number of nitrogen functional groups attached to an aromatic ring is 1. The van der Waals surface area contributed by atoms with Crippen LogP contribution in [0.2, 0.25) is 0 Å². The summed E-state index contributed by atoms with van der Waals surface area (Å²) in [5.74, 6) is -0.750. The summed E-state index contributed by atoms with van der Waals surface area (Å²) in [7, 11) is 0. The molecular formula is C26H27BrClN5O2. The van der Waals surface area contributed by atoms with Crippen molar-refractivity contribution in [2.75, 3.05) is 18.4 Å². The van der Waals surface area contributed by atoms with Gasteiger partial charge in [-0.05, 0) is 82.7 Å². The summed E-state index contributed by atoms with van der Waals surface area (Å²) in [6.45, 7) is 1.56. The van der Waals surface area contributed by atoms with Crippen LogP contribution in [0.3, 0.4) is 0 Å². The molecule has 1 unspecified atom stereocenters. The number of hydrogen-bond donors (Lipinski definition) is 3. The Morgan fingerprint density at radius 3 is 2.46 bits per heavy atom. The largest absolute Gasteiger partial charge is 0.384 e. The Balaban J connectivity index is 0.00000342. The fraction of sp³-hybridized carbons (Fsp3) is 0.231. The van der Waals surface area contributed by atoms with Crippen molar-refractivity contribution in [2.24, 2.45) is 5.73 Å². The van der Waals surface area contributed by atoms with E-state index in [9.17, 15) is 9.59 Å². The number of hydrogen-bond acceptors (Lipinski definition) is 4. The molecule has 1 aliphatic heterocycles. The fourth-order valence-electron chi connectivity index (χ4n) is 4.13. The van der Waals surface area contributed by atoms with Crippen LogP contribution >= 0.6 is 28.3 Å². The quantitative estimate of drug-likeness (QED) is 0.288. The number of amides is 2. The van der Waals surface area contributed by atoms with E-state index in [2.05, 4.69) is 26.2 Å². The number of nitrogens with zero attached hydrogens (tertiary/aromatic N) is 2. The van der Waals surface area contributed by atoms with Gasteiger partial charge >= 0.3 is 0 Å². The highest BCUT2D eigenvalue weighted by atomic mass is 79.9. The molecule has 9 heteroatoms. The molecule has 0 bridgehead atoms. The maximum Gasteiger partial charge on any atom is 0.254 e. The molecule has 1 aliphatic rings. The Morgan fingerprint density at radius 1 is 1.09 bits per heavy atom. The van der Waals surface area contributed by atoms with E-state index in [1.807, 2.05) is 23.1 Å². The van der Waals surface area contributed by atoms with E-state index in [-0.39, 0.29) is 30.1 Å². The highest BCUT2D eigenvalue weighted by Gasteiger charge is 2.24. The van der Waals surface area contributed by atoms with Gasteiger partial charge in [0.2, 0.25) is 5.91 Å². The van der Waals surface area contributed by atoms with Gasteiger partial charge < -0.3 is 16.0 Å². The van der Waals surface area contributed by atoms with Gasteiger partial charge in [-0.15, -0.1) is 12.4 Å². The average Bonchev–Trinajstić information content (AvgIpc) is 3.38. The molecule has 0 aliphatic carbocycles. The zero-order valence-corrected chi connectivity index (χ0v) is 21.4. The fourth-order valence-corrected chi connectivity index (χ4v) is 4.67. The lowest BCUT2D eigenvalue weighted by molar-refractivity contribution is -0.117. The van der Waals surface area contributed by atoms with Crippen molar-refractivity contribution >= 4 is 51.7 Å². The van der Waals surface area contributed by atoms with Crippen molar-refractivity contribution in [3.8, 4) is 0 Å². The lowest BCUT2D eigenvalue weighted by Crippen LogP contribution is -2.28. The van der Waals surface area contributed by atoms with Crippen LogP contribution in [0.5, 0.6) is 0 Å². The van der Waals surface area contributed by atoms with Gasteiger partial charge in [-0.1, -0.05) is 18.2 Å². The van der Waals surface area contributed by atoms with Gasteiger partial charge in [0.25, 0.3) is 5.91 Å². The minimum absolute atomic E-state index is 0. The van der Waals surface area contributed by atoms with Crippen LogP contribution in [0.1, 0.15) is 45.8 Å². The van der Waals surface area contributed by atoms with Gasteiger partial charge in [0, 0.05) is 41.2 Å². The highest BCUT2D eigenvalue weighted by molar-refractivity contribution is 9.10. The van der Waals surface area contributed by atoms with Crippen molar-refractivity contribution in [2.45, 2.75) is 25.2 Å². The number of benzene rings is 2. The number of pyridine rings is 1. The number of amidine groups is 1. The predicted octanol–water partition coefficient (Wildman–Crippen LogP) is 4.75. The SMILES string of the molecule is Cl.N=C(N)c1cccc(C(Cc2ccncc2)C(=O)Nc2ccc(C(=O)N3CCCC3)c(Br)c2)c1. The molecule has 0 radical (unpaired) electrons. The van der Waals surface area contributed by atoms with E-state index in [1.165, 1.54) is 0 Å². The van der Waals surface area contributed by atoms with Crippen molar-refractivity contribution < 1.29 is 9.59 Å². The van der Waals surface area contributed by atoms with E-state index in [0.717, 1.165) is 37.1 Å². The molecule has 2 aromatic carbocycles. The van der Waals surface area contributed by atoms with Gasteiger partial charge in [-0.25, -0.2) is 0 Å². The summed E-state index contributed by atoms with van der Waals surface area (Å²) in [6, 6.07) is 16.2. The van der Waals surface area contributed by atoms with Crippen LogP contribution in [0.4, 0.5) is 5.69 Å². The standard InChI is InChI=1S/C26H26BrN5O2.ClH/c27-23-16-20(6-7-21(23)26(34)32-12-1-2-13-32)31-25(33)22(14-17-8-10-30-11-9-17)18-4-3-5-19(15-18)24(28)29;/h3-11,15-16,22H,1-2,12-14H2,(H3,28,29)(H,31,33);1H. The van der Waals surface area contributed by atoms with Gasteiger partial charge in [0.15, 0.2) is 0 Å². The molecule has 1 fully saturated rings. The number of likely N-dealkylation sites (tertiary alicyclic amines) is 1. The normalized spacial score (nSPS) is 13.6. The molecular weight excluding hydrogens is 530 g/mol. The first-order valence-electron chi connectivity index (χ1n) is 11.2. The summed E-state index contributed by atoms with van der Waals surface area (Å²) in [4.78, 5) is 32.1. The summed E-state index contributed by atoms with van der Waals surface area (Å²) in [5, 5.41) is 10.7. The van der Waals surface area contributed by atoms with Crippen molar-refractivity contribution in [3.63, 3.8) is 0 Å². The molecule has 1 atom stereocenters. The number of aromatic nitrogens is 1. The first-order valence-corrected chi connectivity index (χ1v) is 11.9. The molecule has 182 valence electrons. The Morgan fingerprint density at radius 2 is 1.80 bits per heavy atom. The molecule has 4 rings (SSSR count). The number of carbonyl (C=O) groups excluding carboxylic acids is 2. The molecule has 4 N–H and O–H groups in total. The van der Waals surface area contributed by atoms with Gasteiger partial charge in [0.05, 0.1) is 11.5 Å². The van der Waals surface area contributed by atoms with Crippen LogP contribution in [-0.4, -0.2) is 40.6 Å². The molecule has 0 spiro atoms. The molecule has 2 heterocycles. The number of carbonyl (C=O) groups is 2. The summed E-state index contributed by atoms with van der Waals surface area (Å²) >= 11 is 3.50. The third-order valence-corrected chi connectivity index (χ3v) is 6.62. The number of rotatable bonds is 7. The Bertz CT molecular complexity index is 1220. The monoisotopic (exact) mass is 555 g/mol. The third-order valence-electron chi connectivity index (χ3n) is 5.97. The van der Waals surface area contributed by atoms with E-state index in [0.29, 0.717) is 27.7 Å². The number of halogens is 2. The van der Waals surface area contributed by atoms with E-state index in [4.69, 9.17) is 11.1 Å². The minimum Gasteiger partial charge on any atom is -0.384 e. The van der Waals surface area contributed by atoms with Gasteiger partial charge in [0.1, 0.15) is 5.84 Å². The van der Waals surface area contributed by atoms with Crippen molar-refractivity contribution in [1.82, 2.24) is 9.88 Å². The van der Waals surface area contributed by atoms with Crippen molar-refractivity contribution in [3.05, 3.63) is 93.7 Å². The molecule has 7 nitrogen and oxygen atoms in total. The van der Waals surface area contributed by atoms with Gasteiger partial charge in [-0.3, -0.25) is 20.0 Å². The number of nitrogens with two attached hydrogens (primary N) is 1. The lowest BCUT2D eigenvalue weighted by atomic mass is 9.90.